The van der Waals surface area contributed by atoms with Crippen molar-refractivity contribution in [3.8, 4) is 0 Å². The zero-order valence-electron chi connectivity index (χ0n) is 10.3. The Balaban J connectivity index is 2.06. The summed E-state index contributed by atoms with van der Waals surface area (Å²) in [5.41, 5.74) is 2.32. The minimum atomic E-state index is 0.586. The monoisotopic (exact) mass is 227 g/mol. The van der Waals surface area contributed by atoms with Crippen LogP contribution in [0.3, 0.4) is 0 Å². The molecule has 1 aromatic heterocycles. The van der Waals surface area contributed by atoms with Crippen molar-refractivity contribution in [2.24, 2.45) is 0 Å². The molecule has 0 saturated carbocycles. The van der Waals surface area contributed by atoms with E-state index in [1.54, 1.807) is 0 Å². The van der Waals surface area contributed by atoms with Crippen LogP contribution < -0.4 is 10.2 Å². The van der Waals surface area contributed by atoms with Gasteiger partial charge in [-0.05, 0) is 24.6 Å². The summed E-state index contributed by atoms with van der Waals surface area (Å²) in [4.78, 5) is 7.07. The van der Waals surface area contributed by atoms with Gasteiger partial charge in [-0.1, -0.05) is 18.2 Å². The first-order valence-electron chi connectivity index (χ1n) is 6.05. The number of hydrogen-bond acceptors (Lipinski definition) is 3. The molecule has 0 bridgehead atoms. The molecule has 0 amide bonds. The molecule has 0 spiro atoms. The number of pyridine rings is 1. The highest BCUT2D eigenvalue weighted by Gasteiger charge is 2.23. The number of anilines is 1. The molecule has 0 aliphatic carbocycles. The summed E-state index contributed by atoms with van der Waals surface area (Å²) in [7, 11) is 2.13. The van der Waals surface area contributed by atoms with Crippen molar-refractivity contribution in [1.82, 2.24) is 10.3 Å². The Morgan fingerprint density at radius 2 is 2.06 bits per heavy atom. The Kier molecular flexibility index (Phi) is 2.48. The predicted octanol–water partition coefficient (Wildman–Crippen LogP) is 1.95. The zero-order chi connectivity index (χ0) is 11.8. The number of benzene rings is 1. The van der Waals surface area contributed by atoms with Gasteiger partial charge in [0.1, 0.15) is 5.82 Å². The van der Waals surface area contributed by atoms with Gasteiger partial charge in [-0.25, -0.2) is 4.98 Å². The summed E-state index contributed by atoms with van der Waals surface area (Å²) in [6, 6.07) is 11.1. The molecule has 0 atom stereocenters. The second-order valence-electron chi connectivity index (χ2n) is 4.74. The number of rotatable bonds is 2. The van der Waals surface area contributed by atoms with Crippen molar-refractivity contribution < 1.29 is 0 Å². The van der Waals surface area contributed by atoms with E-state index in [9.17, 15) is 0 Å². The lowest BCUT2D eigenvalue weighted by Gasteiger charge is -2.37. The Morgan fingerprint density at radius 1 is 1.29 bits per heavy atom. The molecule has 3 heteroatoms. The normalized spacial score (nSPS) is 15.9. The van der Waals surface area contributed by atoms with Crippen LogP contribution in [0.1, 0.15) is 5.56 Å². The van der Waals surface area contributed by atoms with Gasteiger partial charge in [-0.3, -0.25) is 0 Å². The Morgan fingerprint density at radius 3 is 2.76 bits per heavy atom. The van der Waals surface area contributed by atoms with E-state index in [2.05, 4.69) is 48.5 Å². The lowest BCUT2D eigenvalue weighted by molar-refractivity contribution is 0.426. The summed E-state index contributed by atoms with van der Waals surface area (Å²) in [5.74, 6) is 1.11. The molecule has 1 aliphatic heterocycles. The van der Waals surface area contributed by atoms with Gasteiger partial charge in [0.15, 0.2) is 0 Å². The third-order valence-electron chi connectivity index (χ3n) is 3.53. The molecule has 2 aromatic rings. The molecule has 1 aromatic carbocycles. The third kappa shape index (κ3) is 1.76. The first-order valence-corrected chi connectivity index (χ1v) is 6.05. The maximum atomic E-state index is 4.78. The molecule has 0 radical (unpaired) electrons. The van der Waals surface area contributed by atoms with Crippen LogP contribution >= 0.6 is 0 Å². The molecule has 88 valence electrons. The maximum absolute atomic E-state index is 4.78. The molecule has 1 N–H and O–H groups in total. The molecular formula is C14H17N3. The highest BCUT2D eigenvalue weighted by atomic mass is 15.3. The second kappa shape index (κ2) is 4.00. The molecule has 17 heavy (non-hydrogen) atoms. The van der Waals surface area contributed by atoms with Gasteiger partial charge in [0.25, 0.3) is 0 Å². The van der Waals surface area contributed by atoms with Gasteiger partial charge in [-0.2, -0.15) is 0 Å². The van der Waals surface area contributed by atoms with E-state index in [4.69, 9.17) is 4.98 Å². The minimum absolute atomic E-state index is 0.586. The van der Waals surface area contributed by atoms with Crippen molar-refractivity contribution in [1.29, 1.82) is 0 Å². The fraction of sp³-hybridized carbons (Fsp3) is 0.357. The molecule has 0 unspecified atom stereocenters. The van der Waals surface area contributed by atoms with E-state index in [1.165, 1.54) is 10.9 Å². The average molecular weight is 227 g/mol. The predicted molar refractivity (Wildman–Crippen MR) is 71.5 cm³/mol. The molecule has 3 rings (SSSR count). The topological polar surface area (TPSA) is 28.2 Å². The van der Waals surface area contributed by atoms with Crippen LogP contribution in [0.25, 0.3) is 10.9 Å². The zero-order valence-corrected chi connectivity index (χ0v) is 10.3. The SMILES string of the molecule is Cc1cc2ccccc2nc1N(C)C1CNC1. The fourth-order valence-electron chi connectivity index (χ4n) is 2.29. The van der Waals surface area contributed by atoms with E-state index in [1.807, 2.05) is 6.07 Å². The summed E-state index contributed by atoms with van der Waals surface area (Å²) in [5, 5.41) is 4.52. The number of aryl methyl sites for hydroxylation is 1. The van der Waals surface area contributed by atoms with E-state index >= 15 is 0 Å². The van der Waals surface area contributed by atoms with Crippen LogP contribution in [0.2, 0.25) is 0 Å². The first-order chi connectivity index (χ1) is 8.25. The second-order valence-corrected chi connectivity index (χ2v) is 4.74. The fourth-order valence-corrected chi connectivity index (χ4v) is 2.29. The Hall–Kier alpha value is -1.61. The standard InChI is InChI=1S/C14H17N3/c1-10-7-11-5-3-4-6-13(11)16-14(10)17(2)12-8-15-9-12/h3-7,12,15H,8-9H2,1-2H3. The Bertz CT molecular complexity index is 546. The Labute approximate surface area is 101 Å². The van der Waals surface area contributed by atoms with E-state index in [-0.39, 0.29) is 0 Å². The van der Waals surface area contributed by atoms with Crippen LogP contribution in [0.5, 0.6) is 0 Å². The highest BCUT2D eigenvalue weighted by molar-refractivity contribution is 5.81. The number of likely N-dealkylation sites (N-methyl/N-ethyl adjacent to an activating group) is 1. The number of aromatic nitrogens is 1. The highest BCUT2D eigenvalue weighted by Crippen LogP contribution is 2.24. The first kappa shape index (κ1) is 10.5. The lowest BCUT2D eigenvalue weighted by Crippen LogP contribution is -2.56. The number of hydrogen-bond donors (Lipinski definition) is 1. The van der Waals surface area contributed by atoms with Crippen molar-refractivity contribution >= 4 is 16.7 Å². The quantitative estimate of drug-likeness (QED) is 0.850. The maximum Gasteiger partial charge on any atom is 0.132 e. The van der Waals surface area contributed by atoms with Crippen LogP contribution in [0.15, 0.2) is 30.3 Å². The van der Waals surface area contributed by atoms with Gasteiger partial charge in [0.2, 0.25) is 0 Å². The lowest BCUT2D eigenvalue weighted by atomic mass is 10.1. The number of para-hydroxylation sites is 1. The van der Waals surface area contributed by atoms with Crippen LogP contribution in [0.4, 0.5) is 5.82 Å². The molecule has 3 nitrogen and oxygen atoms in total. The van der Waals surface area contributed by atoms with Crippen molar-refractivity contribution in [2.45, 2.75) is 13.0 Å². The van der Waals surface area contributed by atoms with E-state index in [0.29, 0.717) is 6.04 Å². The van der Waals surface area contributed by atoms with Gasteiger partial charge in [0.05, 0.1) is 11.6 Å². The summed E-state index contributed by atoms with van der Waals surface area (Å²) in [6.07, 6.45) is 0. The van der Waals surface area contributed by atoms with Gasteiger partial charge < -0.3 is 10.2 Å². The number of nitrogens with zero attached hydrogens (tertiary/aromatic N) is 2. The molecule has 1 fully saturated rings. The number of fused-ring (bicyclic) bond motifs is 1. The van der Waals surface area contributed by atoms with Gasteiger partial charge in [-0.15, -0.1) is 0 Å². The largest absolute Gasteiger partial charge is 0.354 e. The summed E-state index contributed by atoms with van der Waals surface area (Å²) >= 11 is 0. The summed E-state index contributed by atoms with van der Waals surface area (Å²) < 4.78 is 0. The van der Waals surface area contributed by atoms with E-state index in [0.717, 1.165) is 24.4 Å². The molecule has 2 heterocycles. The van der Waals surface area contributed by atoms with Crippen molar-refractivity contribution in [3.05, 3.63) is 35.9 Å². The molecule has 1 saturated heterocycles. The summed E-state index contributed by atoms with van der Waals surface area (Å²) in [6.45, 7) is 4.26. The third-order valence-corrected chi connectivity index (χ3v) is 3.53. The van der Waals surface area contributed by atoms with Gasteiger partial charge in [0, 0.05) is 25.5 Å². The van der Waals surface area contributed by atoms with Crippen LogP contribution in [-0.4, -0.2) is 31.2 Å². The molecule has 1 aliphatic rings. The van der Waals surface area contributed by atoms with Crippen LogP contribution in [0, 0.1) is 6.92 Å². The smallest absolute Gasteiger partial charge is 0.132 e. The van der Waals surface area contributed by atoms with E-state index < -0.39 is 0 Å². The minimum Gasteiger partial charge on any atom is -0.354 e. The van der Waals surface area contributed by atoms with Crippen LogP contribution in [-0.2, 0) is 0 Å². The number of nitrogens with one attached hydrogen (secondary N) is 1. The van der Waals surface area contributed by atoms with Crippen molar-refractivity contribution in [3.63, 3.8) is 0 Å². The van der Waals surface area contributed by atoms with Gasteiger partial charge >= 0.3 is 0 Å². The molecular weight excluding hydrogens is 210 g/mol. The van der Waals surface area contributed by atoms with Crippen molar-refractivity contribution in [2.75, 3.05) is 25.0 Å². The average Bonchev–Trinajstić information content (AvgIpc) is 2.25.